The number of rotatable bonds is 4. The van der Waals surface area contributed by atoms with E-state index in [0.29, 0.717) is 18.7 Å². The second-order valence-corrected chi connectivity index (χ2v) is 9.80. The number of benzene rings is 1. The first-order chi connectivity index (χ1) is 12.8. The van der Waals surface area contributed by atoms with Crippen LogP contribution in [0.25, 0.3) is 0 Å². The minimum absolute atomic E-state index is 0. The number of piperidine rings is 2. The van der Waals surface area contributed by atoms with Crippen LogP contribution in [0.4, 0.5) is 0 Å². The molecule has 8 heteroatoms. The molecule has 2 heterocycles. The highest BCUT2D eigenvalue weighted by atomic mass is 35.5. The van der Waals surface area contributed by atoms with Crippen LogP contribution in [-0.4, -0.2) is 54.7 Å². The fraction of sp³-hybridized carbons (Fsp3) is 0.650. The zero-order valence-electron chi connectivity index (χ0n) is 16.7. The van der Waals surface area contributed by atoms with Crippen molar-refractivity contribution in [2.24, 2.45) is 5.73 Å². The summed E-state index contributed by atoms with van der Waals surface area (Å²) in [5.41, 5.74) is 6.59. The summed E-state index contributed by atoms with van der Waals surface area (Å²) in [4.78, 5) is 15.1. The highest BCUT2D eigenvalue weighted by Gasteiger charge is 2.32. The second-order valence-electron chi connectivity index (χ2n) is 7.91. The molecule has 0 aliphatic carbocycles. The number of hydrogen-bond donors (Lipinski definition) is 1. The van der Waals surface area contributed by atoms with Gasteiger partial charge in [-0.05, 0) is 70.2 Å². The van der Waals surface area contributed by atoms with Gasteiger partial charge in [0.1, 0.15) is 0 Å². The molecule has 1 aromatic carbocycles. The SMILES string of the molecule is CC(N)C1CCCCN1C(=O)c1ccc(S(=O)(=O)N2CCCCC2C)cc1.Cl. The molecule has 1 aromatic rings. The van der Waals surface area contributed by atoms with Crippen LogP contribution >= 0.6 is 12.4 Å². The third-order valence-electron chi connectivity index (χ3n) is 5.87. The number of halogens is 1. The Morgan fingerprint density at radius 2 is 1.68 bits per heavy atom. The first-order valence-corrected chi connectivity index (χ1v) is 11.4. The lowest BCUT2D eigenvalue weighted by molar-refractivity contribution is 0.0583. The average molecular weight is 430 g/mol. The van der Waals surface area contributed by atoms with Gasteiger partial charge in [0.25, 0.3) is 5.91 Å². The predicted octanol–water partition coefficient (Wildman–Crippen LogP) is 3.01. The number of nitrogens with zero attached hydrogens (tertiary/aromatic N) is 2. The summed E-state index contributed by atoms with van der Waals surface area (Å²) in [5, 5.41) is 0. The van der Waals surface area contributed by atoms with Crippen molar-refractivity contribution < 1.29 is 13.2 Å². The molecule has 2 aliphatic rings. The van der Waals surface area contributed by atoms with Crippen molar-refractivity contribution in [3.8, 4) is 0 Å². The van der Waals surface area contributed by atoms with E-state index in [9.17, 15) is 13.2 Å². The largest absolute Gasteiger partial charge is 0.334 e. The molecule has 2 aliphatic heterocycles. The van der Waals surface area contributed by atoms with Crippen molar-refractivity contribution >= 4 is 28.3 Å². The average Bonchev–Trinajstić information content (AvgIpc) is 2.67. The summed E-state index contributed by atoms with van der Waals surface area (Å²) in [6, 6.07) is 6.39. The number of carbonyl (C=O) groups is 1. The summed E-state index contributed by atoms with van der Waals surface area (Å²) in [5.74, 6) is -0.0627. The molecule has 6 nitrogen and oxygen atoms in total. The van der Waals surface area contributed by atoms with Crippen molar-refractivity contribution in [3.63, 3.8) is 0 Å². The van der Waals surface area contributed by atoms with Crippen molar-refractivity contribution in [1.82, 2.24) is 9.21 Å². The van der Waals surface area contributed by atoms with Gasteiger partial charge in [-0.15, -0.1) is 12.4 Å². The van der Waals surface area contributed by atoms with E-state index in [4.69, 9.17) is 5.73 Å². The minimum Gasteiger partial charge on any atom is -0.334 e. The zero-order chi connectivity index (χ0) is 19.6. The molecule has 3 atom stereocenters. The van der Waals surface area contributed by atoms with Crippen molar-refractivity contribution in [2.45, 2.75) is 75.4 Å². The van der Waals surface area contributed by atoms with E-state index >= 15 is 0 Å². The third kappa shape index (κ3) is 4.70. The number of amides is 1. The van der Waals surface area contributed by atoms with Crippen molar-refractivity contribution in [2.75, 3.05) is 13.1 Å². The van der Waals surface area contributed by atoms with Gasteiger partial charge in [-0.3, -0.25) is 4.79 Å². The summed E-state index contributed by atoms with van der Waals surface area (Å²) < 4.78 is 27.5. The van der Waals surface area contributed by atoms with E-state index in [1.54, 1.807) is 28.6 Å². The van der Waals surface area contributed by atoms with Crippen LogP contribution in [-0.2, 0) is 10.0 Å². The fourth-order valence-corrected chi connectivity index (χ4v) is 5.96. The van der Waals surface area contributed by atoms with E-state index in [1.165, 1.54) is 0 Å². The fourth-order valence-electron chi connectivity index (χ4n) is 4.26. The van der Waals surface area contributed by atoms with Gasteiger partial charge in [0.05, 0.1) is 4.90 Å². The monoisotopic (exact) mass is 429 g/mol. The number of sulfonamides is 1. The van der Waals surface area contributed by atoms with Gasteiger partial charge in [0.2, 0.25) is 10.0 Å². The van der Waals surface area contributed by atoms with Crippen LogP contribution < -0.4 is 5.73 Å². The number of nitrogens with two attached hydrogens (primary N) is 1. The molecule has 0 aromatic heterocycles. The Hall–Kier alpha value is -1.15. The highest BCUT2D eigenvalue weighted by molar-refractivity contribution is 7.89. The van der Waals surface area contributed by atoms with Gasteiger partial charge in [-0.25, -0.2) is 8.42 Å². The Morgan fingerprint density at radius 1 is 1.07 bits per heavy atom. The molecule has 3 rings (SSSR count). The van der Waals surface area contributed by atoms with Gasteiger partial charge in [-0.2, -0.15) is 4.31 Å². The maximum absolute atomic E-state index is 12.9. The Labute approximate surface area is 174 Å². The predicted molar refractivity (Wildman–Crippen MR) is 113 cm³/mol. The first kappa shape index (κ1) is 23.1. The van der Waals surface area contributed by atoms with E-state index in [2.05, 4.69) is 0 Å². The number of carbonyl (C=O) groups excluding carboxylic acids is 1. The van der Waals surface area contributed by atoms with Crippen LogP contribution in [0, 0.1) is 0 Å². The van der Waals surface area contributed by atoms with Crippen LogP contribution in [0.5, 0.6) is 0 Å². The molecule has 0 bridgehead atoms. The lowest BCUT2D eigenvalue weighted by Crippen LogP contribution is -2.51. The third-order valence-corrected chi connectivity index (χ3v) is 7.89. The van der Waals surface area contributed by atoms with Gasteiger partial charge < -0.3 is 10.6 Å². The summed E-state index contributed by atoms with van der Waals surface area (Å²) in [7, 11) is -3.51. The Balaban J connectivity index is 0.00000280. The quantitative estimate of drug-likeness (QED) is 0.797. The van der Waals surface area contributed by atoms with Gasteiger partial charge in [0, 0.05) is 36.8 Å². The lowest BCUT2D eigenvalue weighted by atomic mass is 9.96. The first-order valence-electron chi connectivity index (χ1n) is 10.0. The van der Waals surface area contributed by atoms with Crippen LogP contribution in [0.1, 0.15) is 62.7 Å². The highest BCUT2D eigenvalue weighted by Crippen LogP contribution is 2.26. The van der Waals surface area contributed by atoms with Crippen LogP contribution in [0.3, 0.4) is 0 Å². The normalized spacial score (nSPS) is 25.0. The van der Waals surface area contributed by atoms with E-state index in [-0.39, 0.29) is 41.3 Å². The molecule has 0 radical (unpaired) electrons. The van der Waals surface area contributed by atoms with Crippen molar-refractivity contribution in [1.29, 1.82) is 0 Å². The molecule has 2 fully saturated rings. The summed E-state index contributed by atoms with van der Waals surface area (Å²) in [6.45, 7) is 5.16. The lowest BCUT2D eigenvalue weighted by Gasteiger charge is -2.38. The van der Waals surface area contributed by atoms with Gasteiger partial charge in [0.15, 0.2) is 0 Å². The molecular formula is C20H32ClN3O3S. The molecule has 28 heavy (non-hydrogen) atoms. The van der Waals surface area contributed by atoms with Crippen molar-refractivity contribution in [3.05, 3.63) is 29.8 Å². The maximum Gasteiger partial charge on any atom is 0.254 e. The Bertz CT molecular complexity index is 767. The molecule has 1 amide bonds. The molecular weight excluding hydrogens is 398 g/mol. The van der Waals surface area contributed by atoms with E-state index in [1.807, 2.05) is 18.7 Å². The van der Waals surface area contributed by atoms with Gasteiger partial charge in [-0.1, -0.05) is 6.42 Å². The van der Waals surface area contributed by atoms with E-state index < -0.39 is 10.0 Å². The molecule has 158 valence electrons. The topological polar surface area (TPSA) is 83.7 Å². The smallest absolute Gasteiger partial charge is 0.254 e. The Morgan fingerprint density at radius 3 is 2.29 bits per heavy atom. The molecule has 0 saturated carbocycles. The summed E-state index contributed by atoms with van der Waals surface area (Å²) >= 11 is 0. The standard InChI is InChI=1S/C20H31N3O3S.ClH/c1-15-7-3-6-14-23(15)27(25,26)18-11-9-17(10-12-18)20(24)22-13-5-4-8-19(22)16(2)21;/h9-12,15-16,19H,3-8,13-14,21H2,1-2H3;1H. The minimum atomic E-state index is -3.51. The zero-order valence-corrected chi connectivity index (χ0v) is 18.3. The second kappa shape index (κ2) is 9.57. The summed E-state index contributed by atoms with van der Waals surface area (Å²) in [6.07, 6.45) is 5.84. The van der Waals surface area contributed by atoms with Gasteiger partial charge >= 0.3 is 0 Å². The molecule has 2 saturated heterocycles. The van der Waals surface area contributed by atoms with Crippen LogP contribution in [0.15, 0.2) is 29.2 Å². The molecule has 3 unspecified atom stereocenters. The molecule has 0 spiro atoms. The number of hydrogen-bond acceptors (Lipinski definition) is 4. The number of likely N-dealkylation sites (tertiary alicyclic amines) is 1. The molecule has 2 N–H and O–H groups in total. The maximum atomic E-state index is 12.9. The van der Waals surface area contributed by atoms with Crippen LogP contribution in [0.2, 0.25) is 0 Å². The van der Waals surface area contributed by atoms with E-state index in [0.717, 1.165) is 38.5 Å². The Kier molecular flexibility index (Phi) is 7.90.